The maximum Gasteiger partial charge on any atom is 0.255 e. The molecule has 5 nitrogen and oxygen atoms in total. The first-order valence-electron chi connectivity index (χ1n) is 7.29. The van der Waals surface area contributed by atoms with E-state index in [9.17, 15) is 9.59 Å². The van der Waals surface area contributed by atoms with Crippen LogP contribution < -0.4 is 15.5 Å². The summed E-state index contributed by atoms with van der Waals surface area (Å²) in [6.07, 6.45) is 0. The first-order valence-corrected chi connectivity index (χ1v) is 8.65. The highest BCUT2D eigenvalue weighted by molar-refractivity contribution is 8.00. The molecule has 2 amide bonds. The van der Waals surface area contributed by atoms with Gasteiger partial charge in [0.15, 0.2) is 0 Å². The molecule has 0 fully saturated rings. The molecule has 0 unspecified atom stereocenters. The molecule has 7 heteroatoms. The molecule has 0 spiro atoms. The van der Waals surface area contributed by atoms with E-state index in [1.165, 1.54) is 11.8 Å². The van der Waals surface area contributed by atoms with Gasteiger partial charge in [-0.05, 0) is 36.4 Å². The molecule has 2 aromatic rings. The standard InChI is InChI=1S/C17H16ClN3O2S/c1-21(2)14-5-4-11(18)8-12(14)20-17(23)10-3-6-15-13(7-10)19-16(22)9-24-15/h3-8H,9H2,1-2H3,(H,19,22)(H,20,23). The lowest BCUT2D eigenvalue weighted by Gasteiger charge is -2.19. The zero-order valence-corrected chi connectivity index (χ0v) is 14.8. The number of nitrogens with zero attached hydrogens (tertiary/aromatic N) is 1. The Kier molecular flexibility index (Phi) is 4.69. The van der Waals surface area contributed by atoms with E-state index in [1.807, 2.05) is 31.1 Å². The third-order valence-electron chi connectivity index (χ3n) is 3.56. The SMILES string of the molecule is CN(C)c1ccc(Cl)cc1NC(=O)c1ccc2c(c1)NC(=O)CS2. The van der Waals surface area contributed by atoms with Crippen molar-refractivity contribution in [3.63, 3.8) is 0 Å². The molecule has 0 aromatic heterocycles. The third kappa shape index (κ3) is 3.49. The zero-order chi connectivity index (χ0) is 17.3. The van der Waals surface area contributed by atoms with Gasteiger partial charge in [0.25, 0.3) is 5.91 Å². The molecule has 2 N–H and O–H groups in total. The summed E-state index contributed by atoms with van der Waals surface area (Å²) >= 11 is 7.50. The molecule has 2 aromatic carbocycles. The van der Waals surface area contributed by atoms with Gasteiger partial charge in [-0.3, -0.25) is 9.59 Å². The van der Waals surface area contributed by atoms with Crippen LogP contribution in [0, 0.1) is 0 Å². The smallest absolute Gasteiger partial charge is 0.255 e. The number of hydrogen-bond acceptors (Lipinski definition) is 4. The molecule has 1 heterocycles. The lowest BCUT2D eigenvalue weighted by molar-refractivity contribution is -0.113. The Morgan fingerprint density at radius 1 is 1.25 bits per heavy atom. The lowest BCUT2D eigenvalue weighted by Crippen LogP contribution is -2.20. The number of rotatable bonds is 3. The van der Waals surface area contributed by atoms with Gasteiger partial charge in [0.05, 0.1) is 22.8 Å². The fourth-order valence-electron chi connectivity index (χ4n) is 2.42. The first kappa shape index (κ1) is 16.7. The number of benzene rings is 2. The van der Waals surface area contributed by atoms with Gasteiger partial charge in [-0.15, -0.1) is 11.8 Å². The molecular formula is C17H16ClN3O2S. The van der Waals surface area contributed by atoms with E-state index in [2.05, 4.69) is 10.6 Å². The summed E-state index contributed by atoms with van der Waals surface area (Å²) < 4.78 is 0. The first-order chi connectivity index (χ1) is 11.4. The van der Waals surface area contributed by atoms with Crippen molar-refractivity contribution in [3.05, 3.63) is 47.0 Å². The summed E-state index contributed by atoms with van der Waals surface area (Å²) in [7, 11) is 3.79. The van der Waals surface area contributed by atoms with E-state index >= 15 is 0 Å². The van der Waals surface area contributed by atoms with Crippen LogP contribution in [0.1, 0.15) is 10.4 Å². The topological polar surface area (TPSA) is 61.4 Å². The van der Waals surface area contributed by atoms with Gasteiger partial charge >= 0.3 is 0 Å². The molecule has 1 aliphatic heterocycles. The van der Waals surface area contributed by atoms with E-state index in [1.54, 1.807) is 24.3 Å². The van der Waals surface area contributed by atoms with Crippen LogP contribution in [0.4, 0.5) is 17.1 Å². The normalized spacial score (nSPS) is 13.0. The van der Waals surface area contributed by atoms with Crippen molar-refractivity contribution >= 4 is 52.2 Å². The Bertz CT molecular complexity index is 823. The average molecular weight is 362 g/mol. The summed E-state index contributed by atoms with van der Waals surface area (Å²) in [4.78, 5) is 26.9. The molecule has 124 valence electrons. The Labute approximate surface area is 149 Å². The number of hydrogen-bond donors (Lipinski definition) is 2. The van der Waals surface area contributed by atoms with Crippen LogP contribution in [0.15, 0.2) is 41.3 Å². The fraction of sp³-hybridized carbons (Fsp3) is 0.176. The molecule has 1 aliphatic rings. The second kappa shape index (κ2) is 6.75. The Morgan fingerprint density at radius 3 is 2.79 bits per heavy atom. The Morgan fingerprint density at radius 2 is 2.04 bits per heavy atom. The van der Waals surface area contributed by atoms with E-state index in [-0.39, 0.29) is 11.8 Å². The number of anilines is 3. The van der Waals surface area contributed by atoms with Crippen molar-refractivity contribution < 1.29 is 9.59 Å². The largest absolute Gasteiger partial charge is 0.376 e. The molecule has 3 rings (SSSR count). The van der Waals surface area contributed by atoms with Gasteiger partial charge in [-0.25, -0.2) is 0 Å². The summed E-state index contributed by atoms with van der Waals surface area (Å²) in [6.45, 7) is 0. The minimum Gasteiger partial charge on any atom is -0.376 e. The molecule has 0 radical (unpaired) electrons. The number of amides is 2. The van der Waals surface area contributed by atoms with Gasteiger partial charge in [-0.1, -0.05) is 11.6 Å². The van der Waals surface area contributed by atoms with E-state index in [0.29, 0.717) is 27.7 Å². The number of thioether (sulfide) groups is 1. The third-order valence-corrected chi connectivity index (χ3v) is 4.87. The predicted octanol–water partition coefficient (Wildman–Crippen LogP) is 3.70. The molecule has 0 atom stereocenters. The number of carbonyl (C=O) groups excluding carboxylic acids is 2. The zero-order valence-electron chi connectivity index (χ0n) is 13.2. The van der Waals surface area contributed by atoms with Crippen LogP contribution in [0.25, 0.3) is 0 Å². The van der Waals surface area contributed by atoms with Gasteiger partial charge in [0.1, 0.15) is 0 Å². The monoisotopic (exact) mass is 361 g/mol. The summed E-state index contributed by atoms with van der Waals surface area (Å²) in [5.74, 6) is 0.0792. The molecular weight excluding hydrogens is 346 g/mol. The molecule has 0 saturated carbocycles. The summed E-state index contributed by atoms with van der Waals surface area (Å²) in [5.41, 5.74) is 2.63. The minimum absolute atomic E-state index is 0.0604. The highest BCUT2D eigenvalue weighted by atomic mass is 35.5. The molecule has 0 bridgehead atoms. The Balaban J connectivity index is 1.87. The quantitative estimate of drug-likeness (QED) is 0.875. The molecule has 24 heavy (non-hydrogen) atoms. The van der Waals surface area contributed by atoms with Crippen LogP contribution in [-0.2, 0) is 4.79 Å². The second-order valence-corrected chi connectivity index (χ2v) is 7.01. The lowest BCUT2D eigenvalue weighted by atomic mass is 10.1. The van der Waals surface area contributed by atoms with Gasteiger partial charge < -0.3 is 15.5 Å². The maximum atomic E-state index is 12.6. The van der Waals surface area contributed by atoms with Crippen LogP contribution >= 0.6 is 23.4 Å². The van der Waals surface area contributed by atoms with Gasteiger partial charge in [-0.2, -0.15) is 0 Å². The second-order valence-electron chi connectivity index (χ2n) is 5.56. The summed E-state index contributed by atoms with van der Waals surface area (Å²) in [5, 5.41) is 6.22. The number of halogens is 1. The maximum absolute atomic E-state index is 12.6. The van der Waals surface area contributed by atoms with Crippen molar-refractivity contribution in [3.8, 4) is 0 Å². The summed E-state index contributed by atoms with van der Waals surface area (Å²) in [6, 6.07) is 10.6. The van der Waals surface area contributed by atoms with Gasteiger partial charge in [0, 0.05) is 29.6 Å². The predicted molar refractivity (Wildman–Crippen MR) is 99.5 cm³/mol. The van der Waals surface area contributed by atoms with Crippen LogP contribution in [0.2, 0.25) is 5.02 Å². The highest BCUT2D eigenvalue weighted by Gasteiger charge is 2.18. The van der Waals surface area contributed by atoms with Crippen LogP contribution in [0.5, 0.6) is 0 Å². The Hall–Kier alpha value is -2.18. The molecule has 0 aliphatic carbocycles. The van der Waals surface area contributed by atoms with Crippen molar-refractivity contribution in [2.75, 3.05) is 35.4 Å². The van der Waals surface area contributed by atoms with Crippen LogP contribution in [-0.4, -0.2) is 31.7 Å². The molecule has 0 saturated heterocycles. The number of nitrogens with one attached hydrogen (secondary N) is 2. The van der Waals surface area contributed by atoms with Crippen molar-refractivity contribution in [2.24, 2.45) is 0 Å². The van der Waals surface area contributed by atoms with Crippen molar-refractivity contribution in [1.29, 1.82) is 0 Å². The van der Waals surface area contributed by atoms with E-state index in [4.69, 9.17) is 11.6 Å². The fourth-order valence-corrected chi connectivity index (χ4v) is 3.38. The number of fused-ring (bicyclic) bond motifs is 1. The van der Waals surface area contributed by atoms with Crippen LogP contribution in [0.3, 0.4) is 0 Å². The number of carbonyl (C=O) groups is 2. The highest BCUT2D eigenvalue weighted by Crippen LogP contribution is 2.33. The average Bonchev–Trinajstić information content (AvgIpc) is 2.53. The van der Waals surface area contributed by atoms with E-state index < -0.39 is 0 Å². The van der Waals surface area contributed by atoms with Gasteiger partial charge in [0.2, 0.25) is 5.91 Å². The van der Waals surface area contributed by atoms with Crippen molar-refractivity contribution in [2.45, 2.75) is 4.90 Å². The van der Waals surface area contributed by atoms with Crippen molar-refractivity contribution in [1.82, 2.24) is 0 Å². The minimum atomic E-state index is -0.256. The van der Waals surface area contributed by atoms with E-state index in [0.717, 1.165) is 10.6 Å².